The summed E-state index contributed by atoms with van der Waals surface area (Å²) in [5, 5.41) is 5.75. The summed E-state index contributed by atoms with van der Waals surface area (Å²) in [6.07, 6.45) is 2.78. The predicted octanol–water partition coefficient (Wildman–Crippen LogP) is 0.182. The van der Waals surface area contributed by atoms with Crippen LogP contribution < -0.4 is 15.4 Å². The monoisotopic (exact) mass is 221 g/mol. The Morgan fingerprint density at radius 1 is 1.69 bits per heavy atom. The molecule has 2 N–H and O–H groups in total. The van der Waals surface area contributed by atoms with Crippen LogP contribution >= 0.6 is 0 Å². The third kappa shape index (κ3) is 2.49. The standard InChI is InChI=1S/C11H15N3O2/c1-12-11(15)10-6-8(3-5-14-10)16-9-2-4-13-7-9/h3,5-6,9,13H,2,4,7H2,1H3,(H,12,15)/t9-/m0/s1. The molecule has 86 valence electrons. The van der Waals surface area contributed by atoms with E-state index in [9.17, 15) is 4.79 Å². The molecule has 0 saturated carbocycles. The fraction of sp³-hybridized carbons (Fsp3) is 0.455. The number of hydrogen-bond acceptors (Lipinski definition) is 4. The van der Waals surface area contributed by atoms with Gasteiger partial charge in [0.15, 0.2) is 0 Å². The molecule has 1 aliphatic heterocycles. The van der Waals surface area contributed by atoms with Gasteiger partial charge >= 0.3 is 0 Å². The van der Waals surface area contributed by atoms with Crippen molar-refractivity contribution in [3.8, 4) is 5.75 Å². The van der Waals surface area contributed by atoms with E-state index in [-0.39, 0.29) is 12.0 Å². The van der Waals surface area contributed by atoms with Crippen LogP contribution in [-0.4, -0.2) is 37.1 Å². The summed E-state index contributed by atoms with van der Waals surface area (Å²) in [6.45, 7) is 1.84. The molecular weight excluding hydrogens is 206 g/mol. The molecule has 0 aromatic carbocycles. The second kappa shape index (κ2) is 4.94. The highest BCUT2D eigenvalue weighted by Crippen LogP contribution is 2.15. The molecule has 1 fully saturated rings. The van der Waals surface area contributed by atoms with Crippen molar-refractivity contribution in [2.45, 2.75) is 12.5 Å². The molecular formula is C11H15N3O2. The normalized spacial score (nSPS) is 19.4. The van der Waals surface area contributed by atoms with Gasteiger partial charge in [-0.3, -0.25) is 9.78 Å². The van der Waals surface area contributed by atoms with E-state index in [2.05, 4.69) is 15.6 Å². The van der Waals surface area contributed by atoms with Crippen molar-refractivity contribution in [1.29, 1.82) is 0 Å². The highest BCUT2D eigenvalue weighted by Gasteiger charge is 2.16. The van der Waals surface area contributed by atoms with Gasteiger partial charge in [-0.25, -0.2) is 0 Å². The van der Waals surface area contributed by atoms with Crippen LogP contribution in [0.2, 0.25) is 0 Å². The molecule has 2 heterocycles. The highest BCUT2D eigenvalue weighted by atomic mass is 16.5. The zero-order valence-electron chi connectivity index (χ0n) is 9.19. The van der Waals surface area contributed by atoms with Crippen LogP contribution in [0.15, 0.2) is 18.3 Å². The van der Waals surface area contributed by atoms with Crippen LogP contribution in [0.3, 0.4) is 0 Å². The maximum Gasteiger partial charge on any atom is 0.269 e. The summed E-state index contributed by atoms with van der Waals surface area (Å²) in [7, 11) is 1.58. The van der Waals surface area contributed by atoms with E-state index in [4.69, 9.17) is 4.74 Å². The number of pyridine rings is 1. The summed E-state index contributed by atoms with van der Waals surface area (Å²) in [4.78, 5) is 15.3. The minimum Gasteiger partial charge on any atom is -0.489 e. The van der Waals surface area contributed by atoms with E-state index >= 15 is 0 Å². The third-order valence-electron chi connectivity index (χ3n) is 2.51. The number of ether oxygens (including phenoxy) is 1. The topological polar surface area (TPSA) is 63.2 Å². The summed E-state index contributed by atoms with van der Waals surface area (Å²) >= 11 is 0. The lowest BCUT2D eigenvalue weighted by Gasteiger charge is -2.12. The Labute approximate surface area is 94.2 Å². The fourth-order valence-corrected chi connectivity index (χ4v) is 1.66. The number of rotatable bonds is 3. The quantitative estimate of drug-likeness (QED) is 0.764. The van der Waals surface area contributed by atoms with Crippen LogP contribution in [0.25, 0.3) is 0 Å². The number of nitrogens with zero attached hydrogens (tertiary/aromatic N) is 1. The second-order valence-electron chi connectivity index (χ2n) is 3.69. The highest BCUT2D eigenvalue weighted by molar-refractivity contribution is 5.92. The summed E-state index contributed by atoms with van der Waals surface area (Å²) in [5.41, 5.74) is 0.381. The van der Waals surface area contributed by atoms with Gasteiger partial charge in [0.25, 0.3) is 5.91 Å². The van der Waals surface area contributed by atoms with E-state index in [0.29, 0.717) is 11.4 Å². The zero-order chi connectivity index (χ0) is 11.4. The molecule has 1 aliphatic rings. The molecule has 0 spiro atoms. The zero-order valence-corrected chi connectivity index (χ0v) is 9.19. The first-order valence-corrected chi connectivity index (χ1v) is 5.35. The van der Waals surface area contributed by atoms with Crippen LogP contribution in [0.5, 0.6) is 5.75 Å². The molecule has 1 amide bonds. The number of aromatic nitrogens is 1. The van der Waals surface area contributed by atoms with Crippen molar-refractivity contribution in [2.75, 3.05) is 20.1 Å². The molecule has 0 unspecified atom stereocenters. The van der Waals surface area contributed by atoms with E-state index in [1.54, 1.807) is 25.4 Å². The minimum absolute atomic E-state index is 0.194. The van der Waals surface area contributed by atoms with Crippen molar-refractivity contribution in [3.05, 3.63) is 24.0 Å². The first-order valence-electron chi connectivity index (χ1n) is 5.35. The second-order valence-corrected chi connectivity index (χ2v) is 3.69. The Morgan fingerprint density at radius 3 is 3.25 bits per heavy atom. The van der Waals surface area contributed by atoms with Gasteiger partial charge in [-0.05, 0) is 19.0 Å². The molecule has 16 heavy (non-hydrogen) atoms. The first-order chi connectivity index (χ1) is 7.79. The molecule has 0 radical (unpaired) electrons. The van der Waals surface area contributed by atoms with Gasteiger partial charge in [-0.2, -0.15) is 0 Å². The fourth-order valence-electron chi connectivity index (χ4n) is 1.66. The van der Waals surface area contributed by atoms with Crippen molar-refractivity contribution in [2.24, 2.45) is 0 Å². The maximum atomic E-state index is 11.4. The van der Waals surface area contributed by atoms with Gasteiger partial charge in [-0.1, -0.05) is 0 Å². The van der Waals surface area contributed by atoms with Gasteiger partial charge in [0, 0.05) is 25.9 Å². The molecule has 0 aliphatic carbocycles. The number of carbonyl (C=O) groups is 1. The lowest BCUT2D eigenvalue weighted by atomic mass is 10.3. The minimum atomic E-state index is -0.199. The van der Waals surface area contributed by atoms with E-state index < -0.39 is 0 Å². The molecule has 1 aromatic rings. The Bertz CT molecular complexity index is 375. The predicted molar refractivity (Wildman–Crippen MR) is 59.5 cm³/mol. The number of carbonyl (C=O) groups excluding carboxylic acids is 1. The Balaban J connectivity index is 2.06. The van der Waals surface area contributed by atoms with Gasteiger partial charge in [0.1, 0.15) is 17.5 Å². The van der Waals surface area contributed by atoms with Crippen molar-refractivity contribution in [1.82, 2.24) is 15.6 Å². The van der Waals surface area contributed by atoms with Crippen LogP contribution in [-0.2, 0) is 0 Å². The smallest absolute Gasteiger partial charge is 0.269 e. The van der Waals surface area contributed by atoms with Crippen LogP contribution in [0.1, 0.15) is 16.9 Å². The van der Waals surface area contributed by atoms with Gasteiger partial charge in [0.05, 0.1) is 0 Å². The molecule has 5 heteroatoms. The Hall–Kier alpha value is -1.62. The summed E-state index contributed by atoms with van der Waals surface area (Å²) in [6, 6.07) is 3.43. The van der Waals surface area contributed by atoms with Crippen molar-refractivity contribution < 1.29 is 9.53 Å². The first kappa shape index (κ1) is 10.9. The summed E-state index contributed by atoms with van der Waals surface area (Å²) < 4.78 is 5.73. The van der Waals surface area contributed by atoms with Crippen molar-refractivity contribution in [3.63, 3.8) is 0 Å². The third-order valence-corrected chi connectivity index (χ3v) is 2.51. The lowest BCUT2D eigenvalue weighted by Crippen LogP contribution is -2.21. The Kier molecular flexibility index (Phi) is 3.36. The molecule has 0 bridgehead atoms. The van der Waals surface area contributed by atoms with Gasteiger partial charge < -0.3 is 15.4 Å². The molecule has 1 aromatic heterocycles. The maximum absolute atomic E-state index is 11.4. The molecule has 1 atom stereocenters. The number of hydrogen-bond donors (Lipinski definition) is 2. The van der Waals surface area contributed by atoms with E-state index in [1.165, 1.54) is 0 Å². The number of nitrogens with one attached hydrogen (secondary N) is 2. The van der Waals surface area contributed by atoms with Crippen LogP contribution in [0, 0.1) is 0 Å². The molecule has 1 saturated heterocycles. The van der Waals surface area contributed by atoms with Crippen molar-refractivity contribution >= 4 is 5.91 Å². The average molecular weight is 221 g/mol. The molecule has 2 rings (SSSR count). The van der Waals surface area contributed by atoms with E-state index in [0.717, 1.165) is 19.5 Å². The van der Waals surface area contributed by atoms with Gasteiger partial charge in [0.2, 0.25) is 0 Å². The SMILES string of the molecule is CNC(=O)c1cc(O[C@H]2CCNC2)ccn1. The van der Waals surface area contributed by atoms with E-state index in [1.807, 2.05) is 0 Å². The average Bonchev–Trinajstić information content (AvgIpc) is 2.81. The van der Waals surface area contributed by atoms with Crippen LogP contribution in [0.4, 0.5) is 0 Å². The van der Waals surface area contributed by atoms with Gasteiger partial charge in [-0.15, -0.1) is 0 Å². The largest absolute Gasteiger partial charge is 0.489 e. The number of amides is 1. The Morgan fingerprint density at radius 2 is 2.56 bits per heavy atom. The summed E-state index contributed by atoms with van der Waals surface area (Å²) in [5.74, 6) is 0.497. The molecule has 5 nitrogen and oxygen atoms in total. The lowest BCUT2D eigenvalue weighted by molar-refractivity contribution is 0.0957.